The van der Waals surface area contributed by atoms with Crippen LogP contribution in [0.15, 0.2) is 18.2 Å². The van der Waals surface area contributed by atoms with Crippen molar-refractivity contribution in [2.75, 3.05) is 24.6 Å². The van der Waals surface area contributed by atoms with Crippen LogP contribution in [0.3, 0.4) is 0 Å². The van der Waals surface area contributed by atoms with Gasteiger partial charge in [-0.3, -0.25) is 0 Å². The van der Waals surface area contributed by atoms with Crippen molar-refractivity contribution in [1.29, 1.82) is 0 Å². The first kappa shape index (κ1) is 12.9. The molecule has 3 nitrogen and oxygen atoms in total. The highest BCUT2D eigenvalue weighted by Crippen LogP contribution is 2.22. The van der Waals surface area contributed by atoms with Crippen molar-refractivity contribution < 1.29 is 9.50 Å². The van der Waals surface area contributed by atoms with E-state index in [-0.39, 0.29) is 19.0 Å². The van der Waals surface area contributed by atoms with Gasteiger partial charge in [0.05, 0.1) is 6.61 Å². The van der Waals surface area contributed by atoms with E-state index in [1.807, 2.05) is 17.9 Å². The lowest BCUT2D eigenvalue weighted by molar-refractivity contribution is 0.301. The molecule has 0 aliphatic carbocycles. The van der Waals surface area contributed by atoms with Crippen LogP contribution in [0.1, 0.15) is 18.9 Å². The number of rotatable bonds is 6. The molecule has 0 amide bonds. The van der Waals surface area contributed by atoms with Gasteiger partial charge in [0.15, 0.2) is 0 Å². The Morgan fingerprint density at radius 2 is 2.12 bits per heavy atom. The lowest BCUT2D eigenvalue weighted by Crippen LogP contribution is -2.29. The minimum Gasteiger partial charge on any atom is -0.395 e. The molecule has 0 atom stereocenters. The van der Waals surface area contributed by atoms with Gasteiger partial charge in [-0.15, -0.1) is 0 Å². The van der Waals surface area contributed by atoms with Gasteiger partial charge in [0.25, 0.3) is 0 Å². The molecule has 90 valence electrons. The van der Waals surface area contributed by atoms with E-state index in [1.165, 1.54) is 6.07 Å². The fourth-order valence-electron chi connectivity index (χ4n) is 1.79. The SMILES string of the molecule is CCCN(CCO)c1cccc(F)c1CN. The van der Waals surface area contributed by atoms with Crippen molar-refractivity contribution in [2.45, 2.75) is 19.9 Å². The highest BCUT2D eigenvalue weighted by Gasteiger charge is 2.12. The molecule has 0 radical (unpaired) electrons. The Morgan fingerprint density at radius 3 is 2.69 bits per heavy atom. The first-order valence-electron chi connectivity index (χ1n) is 5.57. The predicted molar refractivity (Wildman–Crippen MR) is 63.9 cm³/mol. The van der Waals surface area contributed by atoms with Gasteiger partial charge < -0.3 is 15.7 Å². The van der Waals surface area contributed by atoms with E-state index >= 15 is 0 Å². The fourth-order valence-corrected chi connectivity index (χ4v) is 1.79. The summed E-state index contributed by atoms with van der Waals surface area (Å²) in [7, 11) is 0. The molecule has 0 heterocycles. The molecule has 0 bridgehead atoms. The molecule has 1 aromatic carbocycles. The maximum absolute atomic E-state index is 13.5. The number of aliphatic hydroxyl groups excluding tert-OH is 1. The molecular formula is C12H19FN2O. The van der Waals surface area contributed by atoms with Gasteiger partial charge in [-0.2, -0.15) is 0 Å². The maximum Gasteiger partial charge on any atom is 0.129 e. The van der Waals surface area contributed by atoms with Crippen molar-refractivity contribution in [3.8, 4) is 0 Å². The summed E-state index contributed by atoms with van der Waals surface area (Å²) in [6.45, 7) is 3.57. The average Bonchev–Trinajstić information content (AvgIpc) is 2.28. The smallest absolute Gasteiger partial charge is 0.129 e. The Balaban J connectivity index is 3.02. The number of halogens is 1. The quantitative estimate of drug-likeness (QED) is 0.772. The average molecular weight is 226 g/mol. The number of aliphatic hydroxyl groups is 1. The van der Waals surface area contributed by atoms with Gasteiger partial charge in [-0.1, -0.05) is 13.0 Å². The van der Waals surface area contributed by atoms with E-state index < -0.39 is 0 Å². The third kappa shape index (κ3) is 2.93. The van der Waals surface area contributed by atoms with Crippen LogP contribution in [-0.4, -0.2) is 24.8 Å². The van der Waals surface area contributed by atoms with Crippen LogP contribution in [-0.2, 0) is 6.54 Å². The molecule has 0 spiro atoms. The lowest BCUT2D eigenvalue weighted by atomic mass is 10.1. The van der Waals surface area contributed by atoms with E-state index in [2.05, 4.69) is 0 Å². The molecule has 0 fully saturated rings. The van der Waals surface area contributed by atoms with Gasteiger partial charge >= 0.3 is 0 Å². The summed E-state index contributed by atoms with van der Waals surface area (Å²) < 4.78 is 13.5. The number of anilines is 1. The molecule has 16 heavy (non-hydrogen) atoms. The van der Waals surface area contributed by atoms with E-state index in [1.54, 1.807) is 6.07 Å². The van der Waals surface area contributed by atoms with Gasteiger partial charge in [0.2, 0.25) is 0 Å². The van der Waals surface area contributed by atoms with Crippen LogP contribution in [0.25, 0.3) is 0 Å². The van der Waals surface area contributed by atoms with Crippen LogP contribution in [0.5, 0.6) is 0 Å². The van der Waals surface area contributed by atoms with E-state index in [9.17, 15) is 4.39 Å². The van der Waals surface area contributed by atoms with Crippen molar-refractivity contribution in [2.24, 2.45) is 5.73 Å². The van der Waals surface area contributed by atoms with Gasteiger partial charge in [0, 0.05) is 30.9 Å². The molecule has 0 saturated heterocycles. The van der Waals surface area contributed by atoms with Crippen LogP contribution in [0.4, 0.5) is 10.1 Å². The summed E-state index contributed by atoms with van der Waals surface area (Å²) in [6.07, 6.45) is 0.945. The second-order valence-corrected chi connectivity index (χ2v) is 3.65. The number of hydrogen-bond acceptors (Lipinski definition) is 3. The van der Waals surface area contributed by atoms with Crippen molar-refractivity contribution in [3.63, 3.8) is 0 Å². The summed E-state index contributed by atoms with van der Waals surface area (Å²) >= 11 is 0. The number of hydrogen-bond donors (Lipinski definition) is 2. The molecule has 1 aromatic rings. The summed E-state index contributed by atoms with van der Waals surface area (Å²) in [5.41, 5.74) is 6.86. The predicted octanol–water partition coefficient (Wildman–Crippen LogP) is 1.49. The lowest BCUT2D eigenvalue weighted by Gasteiger charge is -2.25. The minimum absolute atomic E-state index is 0.0561. The van der Waals surface area contributed by atoms with Crippen molar-refractivity contribution in [1.82, 2.24) is 0 Å². The van der Waals surface area contributed by atoms with Crippen LogP contribution in [0.2, 0.25) is 0 Å². The molecular weight excluding hydrogens is 207 g/mol. The van der Waals surface area contributed by atoms with Crippen LogP contribution >= 0.6 is 0 Å². The first-order valence-corrected chi connectivity index (χ1v) is 5.57. The van der Waals surface area contributed by atoms with Crippen molar-refractivity contribution in [3.05, 3.63) is 29.6 Å². The zero-order valence-corrected chi connectivity index (χ0v) is 9.62. The Kier molecular flexibility index (Phi) is 5.22. The Labute approximate surface area is 95.7 Å². The molecule has 1 rings (SSSR count). The zero-order valence-electron chi connectivity index (χ0n) is 9.62. The first-order chi connectivity index (χ1) is 7.74. The summed E-state index contributed by atoms with van der Waals surface area (Å²) in [6, 6.07) is 4.93. The molecule has 0 unspecified atom stereocenters. The third-order valence-corrected chi connectivity index (χ3v) is 2.50. The molecule has 4 heteroatoms. The van der Waals surface area contributed by atoms with Gasteiger partial charge in [-0.05, 0) is 18.6 Å². The van der Waals surface area contributed by atoms with E-state index in [0.29, 0.717) is 12.1 Å². The highest BCUT2D eigenvalue weighted by atomic mass is 19.1. The number of nitrogens with two attached hydrogens (primary N) is 1. The van der Waals surface area contributed by atoms with Crippen LogP contribution < -0.4 is 10.6 Å². The minimum atomic E-state index is -0.279. The zero-order chi connectivity index (χ0) is 12.0. The van der Waals surface area contributed by atoms with E-state index in [0.717, 1.165) is 18.7 Å². The van der Waals surface area contributed by atoms with Gasteiger partial charge in [0.1, 0.15) is 5.82 Å². The Morgan fingerprint density at radius 1 is 1.38 bits per heavy atom. The molecule has 0 aliphatic rings. The summed E-state index contributed by atoms with van der Waals surface area (Å²) in [5, 5.41) is 8.99. The second-order valence-electron chi connectivity index (χ2n) is 3.65. The largest absolute Gasteiger partial charge is 0.395 e. The van der Waals surface area contributed by atoms with Crippen molar-refractivity contribution >= 4 is 5.69 Å². The fraction of sp³-hybridized carbons (Fsp3) is 0.500. The normalized spacial score (nSPS) is 10.5. The monoisotopic (exact) mass is 226 g/mol. The summed E-state index contributed by atoms with van der Waals surface area (Å²) in [4.78, 5) is 1.96. The Bertz CT molecular complexity index is 325. The number of benzene rings is 1. The maximum atomic E-state index is 13.5. The Hall–Kier alpha value is -1.13. The molecule has 0 aliphatic heterocycles. The molecule has 0 saturated carbocycles. The molecule has 0 aromatic heterocycles. The highest BCUT2D eigenvalue weighted by molar-refractivity contribution is 5.54. The standard InChI is InChI=1S/C12H19FN2O/c1-2-6-15(7-8-16)12-5-3-4-11(13)10(12)9-14/h3-5,16H,2,6-9,14H2,1H3. The third-order valence-electron chi connectivity index (χ3n) is 2.50. The number of nitrogens with zero attached hydrogens (tertiary/aromatic N) is 1. The topological polar surface area (TPSA) is 49.5 Å². The molecule has 3 N–H and O–H groups in total. The second kappa shape index (κ2) is 6.45. The van der Waals surface area contributed by atoms with Gasteiger partial charge in [-0.25, -0.2) is 4.39 Å². The van der Waals surface area contributed by atoms with Crippen LogP contribution in [0, 0.1) is 5.82 Å². The summed E-state index contributed by atoms with van der Waals surface area (Å²) in [5.74, 6) is -0.279. The van der Waals surface area contributed by atoms with E-state index in [4.69, 9.17) is 10.8 Å².